The Balaban J connectivity index is 1.39. The summed E-state index contributed by atoms with van der Waals surface area (Å²) in [6, 6.07) is 8.79. The molecule has 1 fully saturated rings. The van der Waals surface area contributed by atoms with Crippen LogP contribution in [-0.4, -0.2) is 3.92 Å². The van der Waals surface area contributed by atoms with Crippen LogP contribution in [0.1, 0.15) is 56.9 Å². The molecule has 4 atom stereocenters. The first-order chi connectivity index (χ1) is 16.2. The Morgan fingerprint density at radius 1 is 0.939 bits per heavy atom. The van der Waals surface area contributed by atoms with E-state index in [1.807, 2.05) is 0 Å². The minimum Gasteiger partial charge on any atom is -0.355 e. The first-order valence-corrected chi connectivity index (χ1v) is 14.0. The SMILES string of the molecule is Cc1ccc(NC2=CCC(C3CC(C4=CC=CCC4)CCC3I)C=C2C2=CC=CCC2)cc1. The Hall–Kier alpha value is -1.81. The maximum Gasteiger partial charge on any atom is 0.0417 e. The Kier molecular flexibility index (Phi) is 7.40. The molecule has 0 spiro atoms. The highest BCUT2D eigenvalue weighted by atomic mass is 127. The molecule has 0 amide bonds. The Morgan fingerprint density at radius 3 is 2.45 bits per heavy atom. The van der Waals surface area contributed by atoms with Crippen LogP contribution in [0.3, 0.4) is 0 Å². The van der Waals surface area contributed by atoms with Gasteiger partial charge in [0.05, 0.1) is 0 Å². The number of halogens is 1. The summed E-state index contributed by atoms with van der Waals surface area (Å²) < 4.78 is 0.779. The first kappa shape index (κ1) is 23.0. The van der Waals surface area contributed by atoms with Crippen molar-refractivity contribution in [2.45, 2.75) is 62.2 Å². The highest BCUT2D eigenvalue weighted by molar-refractivity contribution is 14.1. The summed E-state index contributed by atoms with van der Waals surface area (Å²) >= 11 is 2.77. The van der Waals surface area contributed by atoms with E-state index in [1.165, 1.54) is 60.2 Å². The summed E-state index contributed by atoms with van der Waals surface area (Å²) in [5.41, 5.74) is 8.44. The highest BCUT2D eigenvalue weighted by Gasteiger charge is 2.36. The van der Waals surface area contributed by atoms with Crippen molar-refractivity contribution in [2.24, 2.45) is 17.8 Å². The van der Waals surface area contributed by atoms with Crippen LogP contribution in [0, 0.1) is 24.7 Å². The lowest BCUT2D eigenvalue weighted by molar-refractivity contribution is 0.253. The van der Waals surface area contributed by atoms with Crippen LogP contribution in [0.5, 0.6) is 0 Å². The standard InChI is InChI=1S/C31H36IN/c1-22-12-16-27(17-13-22)33-31-19-15-26(21-29(31)24-10-6-3-7-11-24)28-20-25(14-18-30(28)32)23-8-4-2-5-9-23/h2-4,6,8,10,12-13,16-17,19,21,25-26,28,30,33H,5,7,9,11,14-15,18,20H2,1H3. The number of alkyl halides is 1. The minimum atomic E-state index is 0.639. The lowest BCUT2D eigenvalue weighted by atomic mass is 9.69. The maximum absolute atomic E-state index is 3.76. The maximum atomic E-state index is 3.76. The van der Waals surface area contributed by atoms with Crippen molar-refractivity contribution in [2.75, 3.05) is 5.32 Å². The van der Waals surface area contributed by atoms with Crippen molar-refractivity contribution in [1.29, 1.82) is 0 Å². The van der Waals surface area contributed by atoms with Gasteiger partial charge in [-0.1, -0.05) is 94.5 Å². The molecule has 0 aliphatic heterocycles. The van der Waals surface area contributed by atoms with Gasteiger partial charge in [0.15, 0.2) is 0 Å². The van der Waals surface area contributed by atoms with Crippen LogP contribution in [-0.2, 0) is 0 Å². The van der Waals surface area contributed by atoms with E-state index in [0.717, 1.165) is 35.0 Å². The van der Waals surface area contributed by atoms with Crippen molar-refractivity contribution in [3.8, 4) is 0 Å². The van der Waals surface area contributed by atoms with E-state index in [0.29, 0.717) is 5.92 Å². The molecule has 0 heterocycles. The second kappa shape index (κ2) is 10.6. The molecule has 0 saturated heterocycles. The second-order valence-corrected chi connectivity index (χ2v) is 11.7. The van der Waals surface area contributed by atoms with E-state index >= 15 is 0 Å². The number of nitrogens with one attached hydrogen (secondary N) is 1. The van der Waals surface area contributed by atoms with E-state index < -0.39 is 0 Å². The molecule has 2 heteroatoms. The molecule has 1 nitrogen and oxygen atoms in total. The van der Waals surface area contributed by atoms with Gasteiger partial charge in [-0.15, -0.1) is 0 Å². The number of hydrogen-bond donors (Lipinski definition) is 1. The number of hydrogen-bond acceptors (Lipinski definition) is 1. The summed E-state index contributed by atoms with van der Waals surface area (Å²) in [7, 11) is 0. The Morgan fingerprint density at radius 2 is 1.73 bits per heavy atom. The van der Waals surface area contributed by atoms with Gasteiger partial charge in [0.2, 0.25) is 0 Å². The van der Waals surface area contributed by atoms with Gasteiger partial charge < -0.3 is 5.32 Å². The van der Waals surface area contributed by atoms with E-state index in [4.69, 9.17) is 0 Å². The van der Waals surface area contributed by atoms with Gasteiger partial charge in [0, 0.05) is 15.3 Å². The van der Waals surface area contributed by atoms with Crippen LogP contribution in [0.2, 0.25) is 0 Å². The van der Waals surface area contributed by atoms with Gasteiger partial charge >= 0.3 is 0 Å². The average molecular weight is 550 g/mol. The molecule has 4 unspecified atom stereocenters. The van der Waals surface area contributed by atoms with Crippen LogP contribution in [0.4, 0.5) is 5.69 Å². The van der Waals surface area contributed by atoms with Crippen LogP contribution >= 0.6 is 22.6 Å². The van der Waals surface area contributed by atoms with Crippen molar-refractivity contribution >= 4 is 28.3 Å². The van der Waals surface area contributed by atoms with Gasteiger partial charge in [-0.2, -0.15) is 0 Å². The van der Waals surface area contributed by atoms with Crippen molar-refractivity contribution in [3.05, 3.63) is 101 Å². The van der Waals surface area contributed by atoms with Gasteiger partial charge in [-0.05, 0) is 99.3 Å². The molecule has 1 saturated carbocycles. The van der Waals surface area contributed by atoms with Gasteiger partial charge in [0.1, 0.15) is 0 Å². The molecular formula is C31H36IN. The zero-order valence-corrected chi connectivity index (χ0v) is 21.9. The third-order valence-corrected chi connectivity index (χ3v) is 9.43. The quantitative estimate of drug-likeness (QED) is 0.286. The van der Waals surface area contributed by atoms with E-state index in [9.17, 15) is 0 Å². The van der Waals surface area contributed by atoms with Crippen molar-refractivity contribution in [3.63, 3.8) is 0 Å². The van der Waals surface area contributed by atoms with Crippen LogP contribution in [0.15, 0.2) is 95.3 Å². The molecular weight excluding hydrogens is 513 g/mol. The molecule has 0 aromatic heterocycles. The fourth-order valence-corrected chi connectivity index (χ4v) is 7.15. The largest absolute Gasteiger partial charge is 0.355 e. The van der Waals surface area contributed by atoms with E-state index in [2.05, 4.69) is 108 Å². The summed E-state index contributed by atoms with van der Waals surface area (Å²) in [4.78, 5) is 0. The normalized spacial score (nSPS) is 29.6. The van der Waals surface area contributed by atoms with Gasteiger partial charge in [0.25, 0.3) is 0 Å². The molecule has 4 aliphatic rings. The first-order valence-electron chi connectivity index (χ1n) is 12.8. The highest BCUT2D eigenvalue weighted by Crippen LogP contribution is 2.46. The zero-order valence-electron chi connectivity index (χ0n) is 19.8. The molecule has 1 N–H and O–H groups in total. The predicted octanol–water partition coefficient (Wildman–Crippen LogP) is 9.01. The van der Waals surface area contributed by atoms with Crippen LogP contribution < -0.4 is 5.32 Å². The molecule has 33 heavy (non-hydrogen) atoms. The second-order valence-electron chi connectivity index (χ2n) is 10.1. The summed E-state index contributed by atoms with van der Waals surface area (Å²) in [6.07, 6.45) is 29.1. The Labute approximate surface area is 213 Å². The smallest absolute Gasteiger partial charge is 0.0417 e. The molecule has 172 valence electrons. The monoisotopic (exact) mass is 549 g/mol. The number of allylic oxidation sites excluding steroid dienone is 10. The minimum absolute atomic E-state index is 0.639. The molecule has 1 aromatic rings. The number of aryl methyl sites for hydroxylation is 1. The zero-order chi connectivity index (χ0) is 22.6. The molecule has 5 rings (SSSR count). The van der Waals surface area contributed by atoms with Crippen molar-refractivity contribution in [1.82, 2.24) is 0 Å². The fourth-order valence-electron chi connectivity index (χ4n) is 5.96. The lowest BCUT2D eigenvalue weighted by Crippen LogP contribution is -2.32. The Bertz CT molecular complexity index is 1030. The van der Waals surface area contributed by atoms with Gasteiger partial charge in [-0.3, -0.25) is 0 Å². The molecule has 4 aliphatic carbocycles. The molecule has 0 radical (unpaired) electrons. The van der Waals surface area contributed by atoms with Crippen molar-refractivity contribution < 1.29 is 0 Å². The van der Waals surface area contributed by atoms with E-state index in [1.54, 1.807) is 5.57 Å². The average Bonchev–Trinajstić information content (AvgIpc) is 2.87. The third-order valence-electron chi connectivity index (χ3n) is 7.89. The number of benzene rings is 1. The lowest BCUT2D eigenvalue weighted by Gasteiger charge is -2.40. The van der Waals surface area contributed by atoms with E-state index in [-0.39, 0.29) is 0 Å². The topological polar surface area (TPSA) is 12.0 Å². The van der Waals surface area contributed by atoms with Gasteiger partial charge in [-0.25, -0.2) is 0 Å². The summed E-state index contributed by atoms with van der Waals surface area (Å²) in [6.45, 7) is 2.15. The fraction of sp³-hybridized carbons (Fsp3) is 0.419. The molecule has 1 aromatic carbocycles. The summed E-state index contributed by atoms with van der Waals surface area (Å²) in [5.74, 6) is 2.19. The summed E-state index contributed by atoms with van der Waals surface area (Å²) in [5, 5.41) is 3.76. The van der Waals surface area contributed by atoms with Crippen LogP contribution in [0.25, 0.3) is 0 Å². The third kappa shape index (κ3) is 5.48. The number of rotatable bonds is 5. The predicted molar refractivity (Wildman–Crippen MR) is 151 cm³/mol. The number of anilines is 1. The molecule has 0 bridgehead atoms.